The van der Waals surface area contributed by atoms with Crippen LogP contribution < -0.4 is 4.74 Å². The van der Waals surface area contributed by atoms with Gasteiger partial charge in [-0.25, -0.2) is 0 Å². The van der Waals surface area contributed by atoms with Crippen molar-refractivity contribution >= 4 is 17.5 Å². The van der Waals surface area contributed by atoms with E-state index in [1.165, 1.54) is 0 Å². The Bertz CT molecular complexity index is 782. The SMILES string of the molecule is CN1C(=O)c2ccccc2O[C@H]2CN(Cc3ccncc3Cl)C[C@H]21. The maximum absolute atomic E-state index is 12.7. The van der Waals surface area contributed by atoms with Gasteiger partial charge in [0.05, 0.1) is 16.6 Å². The van der Waals surface area contributed by atoms with Gasteiger partial charge in [0.2, 0.25) is 0 Å². The number of fused-ring (bicyclic) bond motifs is 2. The van der Waals surface area contributed by atoms with Crippen LogP contribution in [0.5, 0.6) is 5.75 Å². The second-order valence-corrected chi connectivity index (χ2v) is 6.70. The van der Waals surface area contributed by atoms with Gasteiger partial charge in [0, 0.05) is 39.1 Å². The Hall–Kier alpha value is -2.11. The van der Waals surface area contributed by atoms with Crippen molar-refractivity contribution in [3.8, 4) is 5.75 Å². The van der Waals surface area contributed by atoms with Crippen LogP contribution in [0.15, 0.2) is 42.7 Å². The van der Waals surface area contributed by atoms with Gasteiger partial charge < -0.3 is 9.64 Å². The lowest BCUT2D eigenvalue weighted by molar-refractivity contribution is 0.0682. The minimum atomic E-state index is -0.0387. The molecular formula is C18H18ClN3O2. The highest BCUT2D eigenvalue weighted by molar-refractivity contribution is 6.31. The summed E-state index contributed by atoms with van der Waals surface area (Å²) in [6.45, 7) is 2.25. The number of aromatic nitrogens is 1. The average Bonchev–Trinajstić information content (AvgIpc) is 2.94. The van der Waals surface area contributed by atoms with E-state index in [-0.39, 0.29) is 18.1 Å². The maximum Gasteiger partial charge on any atom is 0.257 e. The van der Waals surface area contributed by atoms with Crippen LogP contribution in [0, 0.1) is 0 Å². The van der Waals surface area contributed by atoms with Crippen molar-refractivity contribution in [2.45, 2.75) is 18.7 Å². The average molecular weight is 344 g/mol. The van der Waals surface area contributed by atoms with E-state index in [2.05, 4.69) is 9.88 Å². The molecule has 0 bridgehead atoms. The molecule has 1 fully saturated rings. The van der Waals surface area contributed by atoms with E-state index in [9.17, 15) is 4.79 Å². The molecule has 2 aliphatic rings. The summed E-state index contributed by atoms with van der Waals surface area (Å²) < 4.78 is 6.17. The number of halogens is 1. The molecule has 0 aliphatic carbocycles. The summed E-state index contributed by atoms with van der Waals surface area (Å²) in [6, 6.07) is 9.42. The van der Waals surface area contributed by atoms with Gasteiger partial charge in [-0.05, 0) is 23.8 Å². The molecule has 2 aromatic rings. The van der Waals surface area contributed by atoms with Crippen LogP contribution in [0.2, 0.25) is 5.02 Å². The quantitative estimate of drug-likeness (QED) is 0.840. The zero-order chi connectivity index (χ0) is 16.7. The van der Waals surface area contributed by atoms with Gasteiger partial charge in [0.15, 0.2) is 0 Å². The van der Waals surface area contributed by atoms with E-state index >= 15 is 0 Å². The summed E-state index contributed by atoms with van der Waals surface area (Å²) in [6.07, 6.45) is 3.37. The fourth-order valence-electron chi connectivity index (χ4n) is 3.47. The lowest BCUT2D eigenvalue weighted by Gasteiger charge is -2.25. The van der Waals surface area contributed by atoms with Gasteiger partial charge in [0.1, 0.15) is 11.9 Å². The topological polar surface area (TPSA) is 45.7 Å². The van der Waals surface area contributed by atoms with E-state index in [0.717, 1.165) is 25.2 Å². The molecule has 124 valence electrons. The normalized spacial score (nSPS) is 23.4. The van der Waals surface area contributed by atoms with Crippen molar-refractivity contribution < 1.29 is 9.53 Å². The molecular weight excluding hydrogens is 326 g/mol. The van der Waals surface area contributed by atoms with Crippen molar-refractivity contribution in [1.29, 1.82) is 0 Å². The summed E-state index contributed by atoms with van der Waals surface area (Å²) in [7, 11) is 1.86. The first-order valence-corrected chi connectivity index (χ1v) is 8.35. The number of nitrogens with zero attached hydrogens (tertiary/aromatic N) is 3. The van der Waals surface area contributed by atoms with Gasteiger partial charge in [0.25, 0.3) is 5.91 Å². The Morgan fingerprint density at radius 3 is 2.96 bits per heavy atom. The second kappa shape index (κ2) is 6.07. The summed E-state index contributed by atoms with van der Waals surface area (Å²) in [5.41, 5.74) is 1.68. The number of carbonyl (C=O) groups excluding carboxylic acids is 1. The first-order chi connectivity index (χ1) is 11.6. The third kappa shape index (κ3) is 2.64. The molecule has 4 rings (SSSR count). The van der Waals surface area contributed by atoms with Crippen molar-refractivity contribution in [3.05, 3.63) is 58.9 Å². The van der Waals surface area contributed by atoms with Crippen LogP contribution in [-0.2, 0) is 6.54 Å². The van der Waals surface area contributed by atoms with E-state index < -0.39 is 0 Å². The van der Waals surface area contributed by atoms with E-state index in [4.69, 9.17) is 16.3 Å². The molecule has 24 heavy (non-hydrogen) atoms. The molecule has 0 saturated carbocycles. The molecule has 0 N–H and O–H groups in total. The highest BCUT2D eigenvalue weighted by Gasteiger charge is 2.42. The Morgan fingerprint density at radius 1 is 1.29 bits per heavy atom. The van der Waals surface area contributed by atoms with Crippen LogP contribution in [0.3, 0.4) is 0 Å². The lowest BCUT2D eigenvalue weighted by Crippen LogP contribution is -2.44. The van der Waals surface area contributed by atoms with Gasteiger partial charge in [-0.2, -0.15) is 0 Å². The maximum atomic E-state index is 12.7. The van der Waals surface area contributed by atoms with Crippen LogP contribution in [0.25, 0.3) is 0 Å². The number of rotatable bonds is 2. The number of hydrogen-bond acceptors (Lipinski definition) is 4. The van der Waals surface area contributed by atoms with Crippen molar-refractivity contribution in [3.63, 3.8) is 0 Å². The molecule has 1 aromatic carbocycles. The van der Waals surface area contributed by atoms with Gasteiger partial charge >= 0.3 is 0 Å². The van der Waals surface area contributed by atoms with Crippen LogP contribution in [-0.4, -0.2) is 53.0 Å². The van der Waals surface area contributed by atoms with E-state index in [1.54, 1.807) is 12.4 Å². The second-order valence-electron chi connectivity index (χ2n) is 6.30. The fraction of sp³-hybridized carbons (Fsp3) is 0.333. The molecule has 3 heterocycles. The van der Waals surface area contributed by atoms with Gasteiger partial charge in [-0.1, -0.05) is 23.7 Å². The molecule has 0 radical (unpaired) electrons. The molecule has 2 atom stereocenters. The molecule has 0 spiro atoms. The fourth-order valence-corrected chi connectivity index (χ4v) is 3.65. The van der Waals surface area contributed by atoms with Gasteiger partial charge in [-0.3, -0.25) is 14.7 Å². The van der Waals surface area contributed by atoms with Crippen molar-refractivity contribution in [1.82, 2.24) is 14.8 Å². The highest BCUT2D eigenvalue weighted by atomic mass is 35.5. The van der Waals surface area contributed by atoms with Gasteiger partial charge in [-0.15, -0.1) is 0 Å². The lowest BCUT2D eigenvalue weighted by atomic mass is 10.1. The Kier molecular flexibility index (Phi) is 3.90. The predicted molar refractivity (Wildman–Crippen MR) is 91.3 cm³/mol. The number of likely N-dealkylation sites (N-methyl/N-ethyl adjacent to an activating group) is 1. The summed E-state index contributed by atoms with van der Waals surface area (Å²) in [5, 5.41) is 0.667. The monoisotopic (exact) mass is 343 g/mol. The van der Waals surface area contributed by atoms with Crippen LogP contribution in [0.1, 0.15) is 15.9 Å². The zero-order valence-corrected chi connectivity index (χ0v) is 14.1. The molecule has 0 unspecified atom stereocenters. The Balaban J connectivity index is 1.57. The third-order valence-corrected chi connectivity index (χ3v) is 5.12. The van der Waals surface area contributed by atoms with Crippen molar-refractivity contribution in [2.75, 3.05) is 20.1 Å². The van der Waals surface area contributed by atoms with E-state index in [0.29, 0.717) is 16.3 Å². The molecule has 1 amide bonds. The number of likely N-dealkylation sites (tertiary alicyclic amines) is 1. The highest BCUT2D eigenvalue weighted by Crippen LogP contribution is 2.31. The first kappa shape index (κ1) is 15.4. The Labute approximate surface area is 145 Å². The number of carbonyl (C=O) groups is 1. The smallest absolute Gasteiger partial charge is 0.257 e. The molecule has 5 nitrogen and oxygen atoms in total. The number of pyridine rings is 1. The molecule has 1 saturated heterocycles. The largest absolute Gasteiger partial charge is 0.486 e. The first-order valence-electron chi connectivity index (χ1n) is 7.97. The number of benzene rings is 1. The number of para-hydroxylation sites is 1. The summed E-state index contributed by atoms with van der Waals surface area (Å²) in [4.78, 5) is 20.8. The number of ether oxygens (including phenoxy) is 1. The predicted octanol–water partition coefficient (Wildman–Crippen LogP) is 2.45. The van der Waals surface area contributed by atoms with Crippen LogP contribution >= 0.6 is 11.6 Å². The minimum absolute atomic E-state index is 0.0156. The zero-order valence-electron chi connectivity index (χ0n) is 13.4. The van der Waals surface area contributed by atoms with Crippen molar-refractivity contribution in [2.24, 2.45) is 0 Å². The van der Waals surface area contributed by atoms with Crippen LogP contribution in [0.4, 0.5) is 0 Å². The summed E-state index contributed by atoms with van der Waals surface area (Å²) in [5.74, 6) is 0.688. The number of amides is 1. The number of hydrogen-bond donors (Lipinski definition) is 0. The van der Waals surface area contributed by atoms with E-state index in [1.807, 2.05) is 42.3 Å². The third-order valence-electron chi connectivity index (χ3n) is 4.78. The Morgan fingerprint density at radius 2 is 2.12 bits per heavy atom. The molecule has 2 aliphatic heterocycles. The molecule has 1 aromatic heterocycles. The molecule has 6 heteroatoms. The minimum Gasteiger partial charge on any atom is -0.486 e. The standard InChI is InChI=1S/C18H18ClN3O2/c1-21-15-10-22(9-12-6-7-20-8-14(12)19)11-17(15)24-16-5-3-2-4-13(16)18(21)23/h2-8,15,17H,9-11H2,1H3/t15-,17+/m1/s1. The summed E-state index contributed by atoms with van der Waals surface area (Å²) >= 11 is 6.22.